The highest BCUT2D eigenvalue weighted by Gasteiger charge is 2.35. The van der Waals surface area contributed by atoms with Crippen molar-refractivity contribution in [3.8, 4) is 11.1 Å². The molecule has 2 aromatic rings. The summed E-state index contributed by atoms with van der Waals surface area (Å²) in [6.07, 6.45) is 10.0. The van der Waals surface area contributed by atoms with E-state index in [1.165, 1.54) is 56.1 Å². The molecule has 2 fully saturated rings. The lowest BCUT2D eigenvalue weighted by molar-refractivity contribution is 0.116. The van der Waals surface area contributed by atoms with Crippen molar-refractivity contribution in [2.75, 3.05) is 6.61 Å². The third-order valence-corrected chi connectivity index (χ3v) is 8.11. The van der Waals surface area contributed by atoms with E-state index in [2.05, 4.69) is 74.3 Å². The number of aliphatic imine (C=N–C) groups is 1. The quantitative estimate of drug-likeness (QED) is 0.503. The van der Waals surface area contributed by atoms with Crippen LogP contribution < -0.4 is 0 Å². The van der Waals surface area contributed by atoms with E-state index in [9.17, 15) is 0 Å². The van der Waals surface area contributed by atoms with E-state index in [0.29, 0.717) is 6.61 Å². The van der Waals surface area contributed by atoms with Crippen molar-refractivity contribution in [1.82, 2.24) is 0 Å². The molecular formula is C29H37NO. The largest absolute Gasteiger partial charge is 0.475 e. The molecule has 5 rings (SSSR count). The van der Waals surface area contributed by atoms with Crippen LogP contribution in [0.5, 0.6) is 0 Å². The zero-order valence-electron chi connectivity index (χ0n) is 19.4. The predicted molar refractivity (Wildman–Crippen MR) is 130 cm³/mol. The van der Waals surface area contributed by atoms with Gasteiger partial charge in [-0.1, -0.05) is 56.2 Å². The molecular weight excluding hydrogens is 378 g/mol. The van der Waals surface area contributed by atoms with Gasteiger partial charge in [0.25, 0.3) is 0 Å². The molecule has 4 atom stereocenters. The number of hydrogen-bond acceptors (Lipinski definition) is 2. The number of ether oxygens (including phenoxy) is 1. The molecule has 1 heterocycles. The fourth-order valence-corrected chi connectivity index (χ4v) is 6.15. The minimum absolute atomic E-state index is 0.113. The predicted octanol–water partition coefficient (Wildman–Crippen LogP) is 7.62. The van der Waals surface area contributed by atoms with Crippen molar-refractivity contribution in [2.45, 2.75) is 77.2 Å². The lowest BCUT2D eigenvalue weighted by atomic mass is 9.63. The number of rotatable bonds is 4. The second kappa shape index (κ2) is 8.45. The molecule has 1 unspecified atom stereocenters. The summed E-state index contributed by atoms with van der Waals surface area (Å²) in [5.41, 5.74) is 5.06. The van der Waals surface area contributed by atoms with Crippen LogP contribution >= 0.6 is 0 Å². The Labute approximate surface area is 188 Å². The Kier molecular flexibility index (Phi) is 5.67. The fraction of sp³-hybridized carbons (Fsp3) is 0.552. The second-order valence-electron chi connectivity index (χ2n) is 10.8. The molecule has 2 aliphatic carbocycles. The van der Waals surface area contributed by atoms with Crippen molar-refractivity contribution in [3.63, 3.8) is 0 Å². The Hall–Kier alpha value is -2.09. The minimum atomic E-state index is -0.113. The van der Waals surface area contributed by atoms with Crippen LogP contribution in [0.25, 0.3) is 11.1 Å². The van der Waals surface area contributed by atoms with Gasteiger partial charge in [0.2, 0.25) is 5.90 Å². The third-order valence-electron chi connectivity index (χ3n) is 8.11. The van der Waals surface area contributed by atoms with Crippen LogP contribution in [0.4, 0.5) is 0 Å². The van der Waals surface area contributed by atoms with E-state index in [1.54, 1.807) is 5.56 Å². The molecule has 2 saturated carbocycles. The van der Waals surface area contributed by atoms with Crippen molar-refractivity contribution in [1.29, 1.82) is 0 Å². The molecule has 0 saturated heterocycles. The number of fused-ring (bicyclic) bond motifs is 1. The van der Waals surface area contributed by atoms with Crippen LogP contribution in [0.15, 0.2) is 53.5 Å². The second-order valence-corrected chi connectivity index (χ2v) is 10.8. The lowest BCUT2D eigenvalue weighted by Crippen LogP contribution is -2.30. The van der Waals surface area contributed by atoms with Gasteiger partial charge in [-0.25, -0.2) is 4.99 Å². The molecule has 0 N–H and O–H groups in total. The zero-order valence-corrected chi connectivity index (χ0v) is 19.4. The normalized spacial score (nSPS) is 29.7. The van der Waals surface area contributed by atoms with Gasteiger partial charge in [-0.3, -0.25) is 0 Å². The summed E-state index contributed by atoms with van der Waals surface area (Å²) in [4.78, 5) is 4.69. The van der Waals surface area contributed by atoms with Crippen LogP contribution in [0, 0.1) is 17.8 Å². The van der Waals surface area contributed by atoms with E-state index < -0.39 is 0 Å². The summed E-state index contributed by atoms with van der Waals surface area (Å²) in [6, 6.07) is 18.1. The van der Waals surface area contributed by atoms with E-state index >= 15 is 0 Å². The lowest BCUT2D eigenvalue weighted by Gasteiger charge is -2.42. The summed E-state index contributed by atoms with van der Waals surface area (Å²) in [5, 5.41) is 0. The first-order valence-electron chi connectivity index (χ1n) is 12.4. The van der Waals surface area contributed by atoms with Gasteiger partial charge in [-0.2, -0.15) is 0 Å². The molecule has 2 heteroatoms. The molecule has 0 radical (unpaired) electrons. The molecule has 164 valence electrons. The molecule has 2 nitrogen and oxygen atoms in total. The van der Waals surface area contributed by atoms with Gasteiger partial charge < -0.3 is 4.74 Å². The minimum Gasteiger partial charge on any atom is -0.475 e. The molecule has 2 aromatic carbocycles. The van der Waals surface area contributed by atoms with Crippen LogP contribution in [0.2, 0.25) is 0 Å². The first-order chi connectivity index (χ1) is 15.0. The van der Waals surface area contributed by atoms with E-state index in [1.807, 2.05) is 0 Å². The van der Waals surface area contributed by atoms with Gasteiger partial charge >= 0.3 is 0 Å². The standard InChI is InChI=1S/C29H37NO/c1-4-20-5-6-27-18-26(16-15-25(27)17-20)23-9-7-21(8-10-23)22-11-13-24(14-12-22)28-30-29(2,3)19-31-28/h7-14,20,25-27H,4-6,15-19H2,1-3H3/t20?,25-,26-,27-/m1/s1. The monoisotopic (exact) mass is 415 g/mol. The van der Waals surface area contributed by atoms with E-state index in [0.717, 1.165) is 35.1 Å². The maximum absolute atomic E-state index is 5.78. The van der Waals surface area contributed by atoms with Crippen molar-refractivity contribution < 1.29 is 4.74 Å². The maximum Gasteiger partial charge on any atom is 0.216 e. The maximum atomic E-state index is 5.78. The Morgan fingerprint density at radius 1 is 0.806 bits per heavy atom. The van der Waals surface area contributed by atoms with Gasteiger partial charge in [-0.05, 0) is 98.4 Å². The van der Waals surface area contributed by atoms with Crippen LogP contribution in [-0.2, 0) is 4.74 Å². The molecule has 0 amide bonds. The SMILES string of the molecule is CCC1CC[C@@H]2C[C@H](c3ccc(-c4ccc(C5=NC(C)(C)CO5)cc4)cc3)CC[C@@H]2C1. The highest BCUT2D eigenvalue weighted by molar-refractivity contribution is 5.95. The molecule has 0 aromatic heterocycles. The highest BCUT2D eigenvalue weighted by atomic mass is 16.5. The van der Waals surface area contributed by atoms with Crippen molar-refractivity contribution in [2.24, 2.45) is 22.7 Å². The van der Waals surface area contributed by atoms with Crippen molar-refractivity contribution in [3.05, 3.63) is 59.7 Å². The van der Waals surface area contributed by atoms with E-state index in [4.69, 9.17) is 4.74 Å². The van der Waals surface area contributed by atoms with E-state index in [-0.39, 0.29) is 5.54 Å². The van der Waals surface area contributed by atoms with Crippen LogP contribution in [0.1, 0.15) is 82.8 Å². The summed E-state index contributed by atoms with van der Waals surface area (Å²) < 4.78 is 5.78. The Bertz CT molecular complexity index is 924. The average molecular weight is 416 g/mol. The summed E-state index contributed by atoms with van der Waals surface area (Å²) >= 11 is 0. The summed E-state index contributed by atoms with van der Waals surface area (Å²) in [6.45, 7) is 7.26. The Morgan fingerprint density at radius 2 is 1.42 bits per heavy atom. The Morgan fingerprint density at radius 3 is 2.06 bits per heavy atom. The number of nitrogens with zero attached hydrogens (tertiary/aromatic N) is 1. The highest BCUT2D eigenvalue weighted by Crippen LogP contribution is 2.48. The van der Waals surface area contributed by atoms with Crippen LogP contribution in [-0.4, -0.2) is 18.0 Å². The zero-order chi connectivity index (χ0) is 21.4. The number of benzene rings is 2. The average Bonchev–Trinajstić information content (AvgIpc) is 3.18. The van der Waals surface area contributed by atoms with Crippen LogP contribution in [0.3, 0.4) is 0 Å². The Balaban J connectivity index is 1.24. The van der Waals surface area contributed by atoms with Gasteiger partial charge in [0.05, 0.1) is 5.54 Å². The summed E-state index contributed by atoms with van der Waals surface area (Å²) in [5.74, 6) is 4.51. The van der Waals surface area contributed by atoms with Gasteiger partial charge in [0, 0.05) is 5.56 Å². The molecule has 0 spiro atoms. The number of hydrogen-bond donors (Lipinski definition) is 0. The first-order valence-corrected chi connectivity index (χ1v) is 12.4. The molecule has 0 bridgehead atoms. The van der Waals surface area contributed by atoms with Crippen molar-refractivity contribution >= 4 is 5.90 Å². The molecule has 3 aliphatic rings. The fourth-order valence-electron chi connectivity index (χ4n) is 6.15. The third kappa shape index (κ3) is 4.45. The summed E-state index contributed by atoms with van der Waals surface area (Å²) in [7, 11) is 0. The van der Waals surface area contributed by atoms with Gasteiger partial charge in [0.15, 0.2) is 0 Å². The topological polar surface area (TPSA) is 21.6 Å². The van der Waals surface area contributed by atoms with Gasteiger partial charge in [-0.15, -0.1) is 0 Å². The first kappa shape index (κ1) is 20.8. The molecule has 31 heavy (non-hydrogen) atoms. The molecule has 1 aliphatic heterocycles. The smallest absolute Gasteiger partial charge is 0.216 e. The van der Waals surface area contributed by atoms with Gasteiger partial charge in [0.1, 0.15) is 6.61 Å².